The third-order valence-electron chi connectivity index (χ3n) is 3.34. The van der Waals surface area contributed by atoms with Crippen molar-refractivity contribution in [1.82, 2.24) is 0 Å². The highest BCUT2D eigenvalue weighted by atomic mass is 16.3. The van der Waals surface area contributed by atoms with Crippen LogP contribution in [-0.4, -0.2) is 11.4 Å². The van der Waals surface area contributed by atoms with Crippen molar-refractivity contribution < 1.29 is 9.90 Å². The Labute approximate surface area is 116 Å². The molecule has 2 nitrogen and oxygen atoms in total. The average molecular weight is 262 g/mol. The van der Waals surface area contributed by atoms with Gasteiger partial charge in [0.25, 0.3) is 0 Å². The lowest BCUT2D eigenvalue weighted by Gasteiger charge is -2.28. The van der Waals surface area contributed by atoms with Crippen LogP contribution in [0.3, 0.4) is 0 Å². The summed E-state index contributed by atoms with van der Waals surface area (Å²) in [6.45, 7) is 12.6. The van der Waals surface area contributed by atoms with Crippen LogP contribution in [0.25, 0.3) is 0 Å². The van der Waals surface area contributed by atoms with Gasteiger partial charge in [-0.3, -0.25) is 0 Å². The zero-order valence-corrected chi connectivity index (χ0v) is 13.0. The standard InChI is InChI=1S/C17H26O2/c1-16(2,3)13-10-12(8-7-9-18)11-14(15(13)19)17(4,5)6/h9-11,19H,7-8H2,1-6H3. The first-order chi connectivity index (χ1) is 8.57. The third-order valence-corrected chi connectivity index (χ3v) is 3.34. The van der Waals surface area contributed by atoms with E-state index < -0.39 is 0 Å². The topological polar surface area (TPSA) is 37.3 Å². The molecule has 0 aromatic heterocycles. The molecule has 0 aliphatic carbocycles. The average Bonchev–Trinajstić information content (AvgIpc) is 2.24. The Balaban J connectivity index is 3.43. The Hall–Kier alpha value is -1.31. The first-order valence-corrected chi connectivity index (χ1v) is 6.88. The highest BCUT2D eigenvalue weighted by Crippen LogP contribution is 2.39. The van der Waals surface area contributed by atoms with Crippen LogP contribution in [0.5, 0.6) is 5.75 Å². The molecule has 0 aliphatic heterocycles. The van der Waals surface area contributed by atoms with Crippen molar-refractivity contribution in [2.75, 3.05) is 0 Å². The fourth-order valence-electron chi connectivity index (χ4n) is 2.21. The predicted molar refractivity (Wildman–Crippen MR) is 79.9 cm³/mol. The predicted octanol–water partition coefficient (Wildman–Crippen LogP) is 4.12. The molecule has 1 rings (SSSR count). The monoisotopic (exact) mass is 262 g/mol. The number of carbonyl (C=O) groups excluding carboxylic acids is 1. The molecule has 1 aromatic carbocycles. The van der Waals surface area contributed by atoms with E-state index in [-0.39, 0.29) is 10.8 Å². The smallest absolute Gasteiger partial charge is 0.123 e. The van der Waals surface area contributed by atoms with Gasteiger partial charge in [-0.15, -0.1) is 0 Å². The van der Waals surface area contributed by atoms with Crippen LogP contribution in [0.1, 0.15) is 64.7 Å². The molecule has 0 heterocycles. The molecule has 106 valence electrons. The molecule has 0 saturated carbocycles. The molecule has 0 fully saturated rings. The Bertz CT molecular complexity index is 424. The quantitative estimate of drug-likeness (QED) is 0.832. The Morgan fingerprint density at radius 2 is 1.42 bits per heavy atom. The summed E-state index contributed by atoms with van der Waals surface area (Å²) in [7, 11) is 0. The Morgan fingerprint density at radius 1 is 1.00 bits per heavy atom. The molecule has 1 aromatic rings. The van der Waals surface area contributed by atoms with E-state index in [0.29, 0.717) is 12.2 Å². The number of rotatable bonds is 3. The van der Waals surface area contributed by atoms with Gasteiger partial charge >= 0.3 is 0 Å². The van der Waals surface area contributed by atoms with E-state index in [2.05, 4.69) is 41.5 Å². The number of hydrogen-bond acceptors (Lipinski definition) is 2. The number of carbonyl (C=O) groups is 1. The van der Waals surface area contributed by atoms with Crippen LogP contribution in [0.2, 0.25) is 0 Å². The summed E-state index contributed by atoms with van der Waals surface area (Å²) in [5.41, 5.74) is 2.82. The minimum absolute atomic E-state index is 0.110. The first-order valence-electron chi connectivity index (χ1n) is 6.88. The van der Waals surface area contributed by atoms with Crippen molar-refractivity contribution in [2.45, 2.75) is 65.2 Å². The molecule has 2 heteroatoms. The maximum absolute atomic E-state index is 10.6. The van der Waals surface area contributed by atoms with Gasteiger partial charge in [0, 0.05) is 6.42 Å². The largest absolute Gasteiger partial charge is 0.507 e. The van der Waals surface area contributed by atoms with Crippen molar-refractivity contribution in [3.63, 3.8) is 0 Å². The van der Waals surface area contributed by atoms with Crippen LogP contribution >= 0.6 is 0 Å². The van der Waals surface area contributed by atoms with Crippen molar-refractivity contribution in [2.24, 2.45) is 0 Å². The van der Waals surface area contributed by atoms with E-state index in [1.54, 1.807) is 0 Å². The van der Waals surface area contributed by atoms with Gasteiger partial charge in [-0.25, -0.2) is 0 Å². The minimum Gasteiger partial charge on any atom is -0.507 e. The number of aromatic hydroxyl groups is 1. The highest BCUT2D eigenvalue weighted by molar-refractivity contribution is 5.53. The molecule has 0 atom stereocenters. The third kappa shape index (κ3) is 3.82. The van der Waals surface area contributed by atoms with Gasteiger partial charge in [-0.1, -0.05) is 53.7 Å². The molecule has 0 unspecified atom stereocenters. The maximum Gasteiger partial charge on any atom is 0.123 e. The SMILES string of the molecule is CC(C)(C)c1cc(CCC=O)cc(C(C)(C)C)c1O. The fraction of sp³-hybridized carbons (Fsp3) is 0.588. The van der Waals surface area contributed by atoms with Gasteiger partial charge in [-0.05, 0) is 33.9 Å². The second-order valence-corrected chi connectivity index (χ2v) is 7.24. The van der Waals surface area contributed by atoms with E-state index in [0.717, 1.165) is 29.4 Å². The number of phenolic OH excluding ortho intramolecular Hbond substituents is 1. The van der Waals surface area contributed by atoms with Crippen LogP contribution in [0.15, 0.2) is 12.1 Å². The zero-order valence-electron chi connectivity index (χ0n) is 13.0. The van der Waals surface area contributed by atoms with E-state index in [9.17, 15) is 9.90 Å². The first kappa shape index (κ1) is 15.7. The van der Waals surface area contributed by atoms with Crippen LogP contribution in [0.4, 0.5) is 0 Å². The summed E-state index contributed by atoms with van der Waals surface area (Å²) in [4.78, 5) is 10.6. The van der Waals surface area contributed by atoms with E-state index >= 15 is 0 Å². The van der Waals surface area contributed by atoms with E-state index in [1.165, 1.54) is 0 Å². The Kier molecular flexibility index (Phi) is 4.44. The maximum atomic E-state index is 10.6. The van der Waals surface area contributed by atoms with Gasteiger partial charge in [0.1, 0.15) is 12.0 Å². The second kappa shape index (κ2) is 5.36. The summed E-state index contributed by atoms with van der Waals surface area (Å²) in [5.74, 6) is 0.398. The number of hydrogen-bond donors (Lipinski definition) is 1. The van der Waals surface area contributed by atoms with Crippen molar-refractivity contribution in [1.29, 1.82) is 0 Å². The molecular formula is C17H26O2. The van der Waals surface area contributed by atoms with Gasteiger partial charge in [0.05, 0.1) is 0 Å². The van der Waals surface area contributed by atoms with Gasteiger partial charge in [0.2, 0.25) is 0 Å². The number of aldehydes is 1. The molecule has 0 bridgehead atoms. The van der Waals surface area contributed by atoms with Crippen LogP contribution in [0, 0.1) is 0 Å². The van der Waals surface area contributed by atoms with Crippen molar-refractivity contribution >= 4 is 6.29 Å². The van der Waals surface area contributed by atoms with Gasteiger partial charge in [0.15, 0.2) is 0 Å². The second-order valence-electron chi connectivity index (χ2n) is 7.24. The van der Waals surface area contributed by atoms with Crippen LogP contribution < -0.4 is 0 Å². The number of benzene rings is 1. The highest BCUT2D eigenvalue weighted by Gasteiger charge is 2.26. The number of phenols is 1. The molecule has 1 N–H and O–H groups in total. The van der Waals surface area contributed by atoms with Gasteiger partial charge in [-0.2, -0.15) is 0 Å². The van der Waals surface area contributed by atoms with Gasteiger partial charge < -0.3 is 9.90 Å². The molecular weight excluding hydrogens is 236 g/mol. The summed E-state index contributed by atoms with van der Waals surface area (Å²) >= 11 is 0. The van der Waals surface area contributed by atoms with Crippen molar-refractivity contribution in [3.8, 4) is 5.75 Å². The van der Waals surface area contributed by atoms with E-state index in [4.69, 9.17) is 0 Å². The van der Waals surface area contributed by atoms with Crippen molar-refractivity contribution in [3.05, 3.63) is 28.8 Å². The zero-order chi connectivity index (χ0) is 14.8. The minimum atomic E-state index is -0.110. The number of aryl methyl sites for hydroxylation is 1. The lowest BCUT2D eigenvalue weighted by Crippen LogP contribution is -2.18. The summed E-state index contributed by atoms with van der Waals surface area (Å²) in [6.07, 6.45) is 2.20. The molecule has 0 amide bonds. The summed E-state index contributed by atoms with van der Waals surface area (Å²) < 4.78 is 0. The summed E-state index contributed by atoms with van der Waals surface area (Å²) in [6, 6.07) is 4.07. The normalized spacial score (nSPS) is 12.5. The molecule has 0 saturated heterocycles. The summed E-state index contributed by atoms with van der Waals surface area (Å²) in [5, 5.41) is 10.5. The Morgan fingerprint density at radius 3 is 1.74 bits per heavy atom. The lowest BCUT2D eigenvalue weighted by molar-refractivity contribution is -0.107. The molecule has 0 radical (unpaired) electrons. The van der Waals surface area contributed by atoms with Crippen LogP contribution in [-0.2, 0) is 22.0 Å². The fourth-order valence-corrected chi connectivity index (χ4v) is 2.21. The molecule has 0 spiro atoms. The molecule has 0 aliphatic rings. The lowest BCUT2D eigenvalue weighted by atomic mass is 9.78. The van der Waals surface area contributed by atoms with E-state index in [1.807, 2.05) is 12.1 Å². The molecule has 19 heavy (non-hydrogen) atoms.